The van der Waals surface area contributed by atoms with Crippen molar-refractivity contribution in [3.63, 3.8) is 0 Å². The Morgan fingerprint density at radius 2 is 1.59 bits per heavy atom. The molecule has 0 saturated carbocycles. The molecule has 1 atom stereocenters. The monoisotopic (exact) mass is 419 g/mol. The molecule has 140 valence electrons. The SMILES string of the molecule is Cc1ccccc1[C@H](NS(=O)(=O)Cc1ccc(Cl)cc1Cl)c1ccccc1. The number of hydrogen-bond acceptors (Lipinski definition) is 2. The second-order valence-corrected chi connectivity index (χ2v) is 8.91. The van der Waals surface area contributed by atoms with Gasteiger partial charge >= 0.3 is 0 Å². The Balaban J connectivity index is 1.95. The molecule has 0 aliphatic rings. The van der Waals surface area contributed by atoms with Crippen LogP contribution in [0.3, 0.4) is 0 Å². The Bertz CT molecular complexity index is 1040. The second-order valence-electron chi connectivity index (χ2n) is 6.31. The van der Waals surface area contributed by atoms with E-state index in [4.69, 9.17) is 23.2 Å². The molecule has 0 heterocycles. The fourth-order valence-corrected chi connectivity index (χ4v) is 4.85. The molecule has 0 aliphatic carbocycles. The van der Waals surface area contributed by atoms with Gasteiger partial charge in [0.25, 0.3) is 0 Å². The third kappa shape index (κ3) is 5.11. The molecule has 27 heavy (non-hydrogen) atoms. The summed E-state index contributed by atoms with van der Waals surface area (Å²) >= 11 is 12.1. The first-order valence-electron chi connectivity index (χ1n) is 8.40. The van der Waals surface area contributed by atoms with E-state index in [-0.39, 0.29) is 5.75 Å². The predicted molar refractivity (Wildman–Crippen MR) is 112 cm³/mol. The molecule has 0 spiro atoms. The highest BCUT2D eigenvalue weighted by Crippen LogP contribution is 2.27. The summed E-state index contributed by atoms with van der Waals surface area (Å²) in [7, 11) is -3.66. The Morgan fingerprint density at radius 1 is 0.926 bits per heavy atom. The second kappa shape index (κ2) is 8.44. The van der Waals surface area contributed by atoms with E-state index in [1.54, 1.807) is 18.2 Å². The molecule has 3 rings (SSSR count). The van der Waals surface area contributed by atoms with E-state index in [0.29, 0.717) is 15.6 Å². The summed E-state index contributed by atoms with van der Waals surface area (Å²) in [6.07, 6.45) is 0. The van der Waals surface area contributed by atoms with Crippen LogP contribution in [-0.2, 0) is 15.8 Å². The van der Waals surface area contributed by atoms with Gasteiger partial charge in [-0.05, 0) is 41.3 Å². The molecule has 1 N–H and O–H groups in total. The Morgan fingerprint density at radius 3 is 2.26 bits per heavy atom. The van der Waals surface area contributed by atoms with Crippen LogP contribution >= 0.6 is 23.2 Å². The van der Waals surface area contributed by atoms with E-state index >= 15 is 0 Å². The number of aryl methyl sites for hydroxylation is 1. The van der Waals surface area contributed by atoms with E-state index < -0.39 is 16.1 Å². The fourth-order valence-electron chi connectivity index (χ4n) is 2.93. The molecule has 0 fully saturated rings. The average molecular weight is 420 g/mol. The van der Waals surface area contributed by atoms with Gasteiger partial charge in [-0.15, -0.1) is 0 Å². The molecular weight excluding hydrogens is 401 g/mol. The normalized spacial score (nSPS) is 12.7. The van der Waals surface area contributed by atoms with Crippen molar-refractivity contribution in [1.29, 1.82) is 0 Å². The zero-order valence-electron chi connectivity index (χ0n) is 14.7. The number of halogens is 2. The highest BCUT2D eigenvalue weighted by atomic mass is 35.5. The van der Waals surface area contributed by atoms with Crippen LogP contribution in [0.15, 0.2) is 72.8 Å². The Kier molecular flexibility index (Phi) is 6.22. The Labute approximate surface area is 170 Å². The summed E-state index contributed by atoms with van der Waals surface area (Å²) < 4.78 is 28.6. The van der Waals surface area contributed by atoms with E-state index in [1.807, 2.05) is 61.5 Å². The van der Waals surface area contributed by atoms with E-state index in [1.165, 1.54) is 0 Å². The van der Waals surface area contributed by atoms with Gasteiger partial charge in [-0.1, -0.05) is 83.9 Å². The molecule has 0 aromatic heterocycles. The van der Waals surface area contributed by atoms with E-state index in [9.17, 15) is 8.42 Å². The minimum atomic E-state index is -3.66. The highest BCUT2D eigenvalue weighted by molar-refractivity contribution is 7.88. The molecule has 3 aromatic rings. The molecule has 3 aromatic carbocycles. The van der Waals surface area contributed by atoms with Crippen LogP contribution < -0.4 is 4.72 Å². The lowest BCUT2D eigenvalue weighted by atomic mass is 9.96. The van der Waals surface area contributed by atoms with Gasteiger partial charge in [0.2, 0.25) is 10.0 Å². The Hall–Kier alpha value is -1.85. The van der Waals surface area contributed by atoms with Crippen LogP contribution in [0.2, 0.25) is 10.0 Å². The van der Waals surface area contributed by atoms with Gasteiger partial charge in [-0.2, -0.15) is 0 Å². The number of hydrogen-bond donors (Lipinski definition) is 1. The number of rotatable bonds is 6. The summed E-state index contributed by atoms with van der Waals surface area (Å²) in [5.41, 5.74) is 3.30. The first-order valence-corrected chi connectivity index (χ1v) is 10.8. The fraction of sp³-hybridized carbons (Fsp3) is 0.143. The average Bonchev–Trinajstić information content (AvgIpc) is 2.63. The van der Waals surface area contributed by atoms with Gasteiger partial charge in [0.1, 0.15) is 0 Å². The summed E-state index contributed by atoms with van der Waals surface area (Å²) in [6, 6.07) is 21.6. The third-order valence-electron chi connectivity index (χ3n) is 4.29. The standard InChI is InChI=1S/C21H19Cl2NO2S/c1-15-7-5-6-10-19(15)21(16-8-3-2-4-9-16)24-27(25,26)14-17-11-12-18(22)13-20(17)23/h2-13,21,24H,14H2,1H3/t21-/m1/s1. The highest BCUT2D eigenvalue weighted by Gasteiger charge is 2.23. The summed E-state index contributed by atoms with van der Waals surface area (Å²) in [5.74, 6) is -0.224. The van der Waals surface area contributed by atoms with Crippen molar-refractivity contribution in [1.82, 2.24) is 4.72 Å². The lowest BCUT2D eigenvalue weighted by molar-refractivity contribution is 0.571. The van der Waals surface area contributed by atoms with E-state index in [0.717, 1.165) is 16.7 Å². The topological polar surface area (TPSA) is 46.2 Å². The van der Waals surface area contributed by atoms with Crippen molar-refractivity contribution in [3.8, 4) is 0 Å². The molecule has 0 radical (unpaired) electrons. The van der Waals surface area contributed by atoms with Gasteiger partial charge in [-0.3, -0.25) is 0 Å². The van der Waals surface area contributed by atoms with Crippen molar-refractivity contribution < 1.29 is 8.42 Å². The van der Waals surface area contributed by atoms with Crippen LogP contribution in [0, 0.1) is 6.92 Å². The largest absolute Gasteiger partial charge is 0.216 e. The van der Waals surface area contributed by atoms with Crippen LogP contribution in [0.25, 0.3) is 0 Å². The van der Waals surface area contributed by atoms with E-state index in [2.05, 4.69) is 4.72 Å². The molecule has 0 aliphatic heterocycles. The lowest BCUT2D eigenvalue weighted by Gasteiger charge is -2.22. The molecule has 0 bridgehead atoms. The summed E-state index contributed by atoms with van der Waals surface area (Å²) in [4.78, 5) is 0. The first-order chi connectivity index (χ1) is 12.9. The quantitative estimate of drug-likeness (QED) is 0.572. The van der Waals surface area contributed by atoms with Crippen molar-refractivity contribution in [3.05, 3.63) is 105 Å². The number of benzene rings is 3. The molecular formula is C21H19Cl2NO2S. The van der Waals surface area contributed by atoms with Crippen molar-refractivity contribution in [2.24, 2.45) is 0 Å². The summed E-state index contributed by atoms with van der Waals surface area (Å²) in [6.45, 7) is 1.97. The van der Waals surface area contributed by atoms with Gasteiger partial charge < -0.3 is 0 Å². The maximum atomic E-state index is 12.9. The predicted octanol–water partition coefficient (Wildman–Crippen LogP) is 5.51. The molecule has 6 heteroatoms. The van der Waals surface area contributed by atoms with Gasteiger partial charge in [0, 0.05) is 10.0 Å². The maximum absolute atomic E-state index is 12.9. The van der Waals surface area contributed by atoms with Crippen molar-refractivity contribution >= 4 is 33.2 Å². The molecule has 0 saturated heterocycles. The van der Waals surface area contributed by atoms with Crippen LogP contribution in [0.4, 0.5) is 0 Å². The van der Waals surface area contributed by atoms with Gasteiger partial charge in [0.05, 0.1) is 11.8 Å². The first kappa shape index (κ1) is 19.9. The van der Waals surface area contributed by atoms with Gasteiger partial charge in [0.15, 0.2) is 0 Å². The lowest BCUT2D eigenvalue weighted by Crippen LogP contribution is -2.31. The summed E-state index contributed by atoms with van der Waals surface area (Å²) in [5, 5.41) is 0.802. The zero-order valence-corrected chi connectivity index (χ0v) is 17.0. The maximum Gasteiger partial charge on any atom is 0.216 e. The number of nitrogens with one attached hydrogen (secondary N) is 1. The minimum Gasteiger partial charge on any atom is -0.212 e. The number of sulfonamides is 1. The minimum absolute atomic E-state index is 0.224. The van der Waals surface area contributed by atoms with Crippen molar-refractivity contribution in [2.75, 3.05) is 0 Å². The van der Waals surface area contributed by atoms with Crippen LogP contribution in [0.1, 0.15) is 28.3 Å². The molecule has 3 nitrogen and oxygen atoms in total. The zero-order chi connectivity index (χ0) is 19.4. The van der Waals surface area contributed by atoms with Crippen LogP contribution in [-0.4, -0.2) is 8.42 Å². The van der Waals surface area contributed by atoms with Crippen LogP contribution in [0.5, 0.6) is 0 Å². The smallest absolute Gasteiger partial charge is 0.212 e. The molecule has 0 unspecified atom stereocenters. The van der Waals surface area contributed by atoms with Crippen molar-refractivity contribution in [2.45, 2.75) is 18.7 Å². The molecule has 0 amide bonds. The van der Waals surface area contributed by atoms with Gasteiger partial charge in [-0.25, -0.2) is 13.1 Å². The third-order valence-corrected chi connectivity index (χ3v) is 6.16.